The van der Waals surface area contributed by atoms with Crippen LogP contribution in [0.5, 0.6) is 0 Å². The Hall–Kier alpha value is -2.47. The molecule has 0 spiro atoms. The van der Waals surface area contributed by atoms with E-state index in [9.17, 15) is 10.2 Å². The number of benzene rings is 1. The van der Waals surface area contributed by atoms with Gasteiger partial charge < -0.3 is 10.2 Å². The monoisotopic (exact) mass is 336 g/mol. The number of fused-ring (bicyclic) bond motifs is 1. The number of thiophene rings is 1. The Morgan fingerprint density at radius 2 is 1.75 bits per heavy atom. The molecule has 0 atom stereocenters. The van der Waals surface area contributed by atoms with Gasteiger partial charge in [-0.3, -0.25) is 4.40 Å². The van der Waals surface area contributed by atoms with Crippen molar-refractivity contribution in [3.8, 4) is 22.0 Å². The van der Waals surface area contributed by atoms with Crippen LogP contribution in [0.2, 0.25) is 0 Å². The predicted octanol–water partition coefficient (Wildman–Crippen LogP) is 3.71. The standard InChI is InChI=1S/C19H16N2O2S/c22-11-13-5-1-2-6-15(13)18-16-7-3-4-10-21(16)19(20-18)17-9-8-14(12-23)24-17/h1-10,22-23H,11-12H2. The zero-order valence-electron chi connectivity index (χ0n) is 12.9. The quantitative estimate of drug-likeness (QED) is 0.597. The van der Waals surface area contributed by atoms with Crippen LogP contribution < -0.4 is 0 Å². The van der Waals surface area contributed by atoms with Gasteiger partial charge in [0.1, 0.15) is 0 Å². The smallest absolute Gasteiger partial charge is 0.155 e. The Balaban J connectivity index is 1.97. The molecule has 0 amide bonds. The first-order valence-electron chi connectivity index (χ1n) is 7.68. The zero-order chi connectivity index (χ0) is 16.5. The number of aliphatic hydroxyl groups is 2. The molecule has 0 aliphatic heterocycles. The molecule has 4 rings (SSSR count). The van der Waals surface area contributed by atoms with Crippen molar-refractivity contribution in [2.45, 2.75) is 13.2 Å². The van der Waals surface area contributed by atoms with Gasteiger partial charge in [-0.1, -0.05) is 30.3 Å². The third-order valence-corrected chi connectivity index (χ3v) is 5.10. The van der Waals surface area contributed by atoms with Crippen molar-refractivity contribution in [2.24, 2.45) is 0 Å². The molecule has 3 aromatic heterocycles. The van der Waals surface area contributed by atoms with E-state index in [4.69, 9.17) is 4.98 Å². The second-order valence-corrected chi connectivity index (χ2v) is 6.65. The zero-order valence-corrected chi connectivity index (χ0v) is 13.7. The highest BCUT2D eigenvalue weighted by molar-refractivity contribution is 7.15. The number of nitrogens with zero attached hydrogens (tertiary/aromatic N) is 2. The SMILES string of the molecule is OCc1ccc(-c2nc(-c3ccccc3CO)c3ccccn23)s1. The lowest BCUT2D eigenvalue weighted by molar-refractivity contribution is 0.282. The molecular weight excluding hydrogens is 320 g/mol. The number of imidazole rings is 1. The summed E-state index contributed by atoms with van der Waals surface area (Å²) in [6.45, 7) is 0.0131. The molecule has 0 saturated heterocycles. The molecule has 24 heavy (non-hydrogen) atoms. The molecule has 0 aliphatic rings. The van der Waals surface area contributed by atoms with Crippen LogP contribution >= 0.6 is 11.3 Å². The molecule has 0 radical (unpaired) electrons. The molecule has 3 heterocycles. The van der Waals surface area contributed by atoms with Crippen molar-refractivity contribution in [2.75, 3.05) is 0 Å². The summed E-state index contributed by atoms with van der Waals surface area (Å²) in [6.07, 6.45) is 1.99. The Morgan fingerprint density at radius 3 is 2.54 bits per heavy atom. The minimum absolute atomic E-state index is 0.0228. The second-order valence-electron chi connectivity index (χ2n) is 5.48. The molecule has 0 aliphatic carbocycles. The number of pyridine rings is 1. The Labute approximate surface area is 143 Å². The maximum Gasteiger partial charge on any atom is 0.155 e. The highest BCUT2D eigenvalue weighted by Gasteiger charge is 2.17. The van der Waals surface area contributed by atoms with Gasteiger partial charge >= 0.3 is 0 Å². The third-order valence-electron chi connectivity index (χ3n) is 4.03. The van der Waals surface area contributed by atoms with E-state index < -0.39 is 0 Å². The third kappa shape index (κ3) is 2.43. The van der Waals surface area contributed by atoms with Gasteiger partial charge in [0, 0.05) is 16.6 Å². The van der Waals surface area contributed by atoms with Gasteiger partial charge in [-0.25, -0.2) is 4.98 Å². The van der Waals surface area contributed by atoms with Gasteiger partial charge in [-0.15, -0.1) is 11.3 Å². The van der Waals surface area contributed by atoms with E-state index in [0.717, 1.165) is 37.9 Å². The van der Waals surface area contributed by atoms with Crippen molar-refractivity contribution in [3.63, 3.8) is 0 Å². The molecule has 120 valence electrons. The van der Waals surface area contributed by atoms with Gasteiger partial charge in [-0.05, 0) is 29.8 Å². The molecule has 5 heteroatoms. The summed E-state index contributed by atoms with van der Waals surface area (Å²) in [5.41, 5.74) is 3.64. The summed E-state index contributed by atoms with van der Waals surface area (Å²) in [5, 5.41) is 19.0. The summed E-state index contributed by atoms with van der Waals surface area (Å²) in [5.74, 6) is 0.845. The Morgan fingerprint density at radius 1 is 0.917 bits per heavy atom. The highest BCUT2D eigenvalue weighted by atomic mass is 32.1. The minimum Gasteiger partial charge on any atom is -0.392 e. The normalized spacial score (nSPS) is 11.2. The number of aliphatic hydroxyl groups excluding tert-OH is 2. The largest absolute Gasteiger partial charge is 0.392 e. The summed E-state index contributed by atoms with van der Waals surface area (Å²) < 4.78 is 2.05. The van der Waals surface area contributed by atoms with E-state index in [-0.39, 0.29) is 13.2 Å². The number of aromatic nitrogens is 2. The highest BCUT2D eigenvalue weighted by Crippen LogP contribution is 2.34. The average molecular weight is 336 g/mol. The van der Waals surface area contributed by atoms with Crippen LogP contribution in [0.1, 0.15) is 10.4 Å². The molecule has 0 saturated carbocycles. The first-order valence-corrected chi connectivity index (χ1v) is 8.49. The van der Waals surface area contributed by atoms with Crippen molar-refractivity contribution >= 4 is 16.9 Å². The van der Waals surface area contributed by atoms with Crippen molar-refractivity contribution in [3.05, 3.63) is 71.2 Å². The van der Waals surface area contributed by atoms with E-state index in [0.29, 0.717) is 0 Å². The van der Waals surface area contributed by atoms with Gasteiger partial charge in [0.15, 0.2) is 5.82 Å². The molecule has 0 bridgehead atoms. The fourth-order valence-corrected chi connectivity index (χ4v) is 3.74. The second kappa shape index (κ2) is 6.20. The fourth-order valence-electron chi connectivity index (χ4n) is 2.88. The molecule has 2 N–H and O–H groups in total. The van der Waals surface area contributed by atoms with Gasteiger partial charge in [0.2, 0.25) is 0 Å². The number of hydrogen-bond donors (Lipinski definition) is 2. The molecule has 4 aromatic rings. The van der Waals surface area contributed by atoms with E-state index in [2.05, 4.69) is 4.40 Å². The summed E-state index contributed by atoms with van der Waals surface area (Å²) in [4.78, 5) is 6.79. The first-order chi connectivity index (χ1) is 11.8. The van der Waals surface area contributed by atoms with Crippen molar-refractivity contribution in [1.29, 1.82) is 0 Å². The number of hydrogen-bond acceptors (Lipinski definition) is 4. The maximum atomic E-state index is 9.65. The van der Waals surface area contributed by atoms with E-state index in [1.807, 2.05) is 60.8 Å². The van der Waals surface area contributed by atoms with Crippen LogP contribution in [0.3, 0.4) is 0 Å². The van der Waals surface area contributed by atoms with E-state index in [1.54, 1.807) is 0 Å². The molecular formula is C19H16N2O2S. The van der Waals surface area contributed by atoms with E-state index >= 15 is 0 Å². The van der Waals surface area contributed by atoms with Crippen molar-refractivity contribution in [1.82, 2.24) is 9.38 Å². The van der Waals surface area contributed by atoms with Gasteiger partial charge in [0.05, 0.1) is 29.3 Å². The average Bonchev–Trinajstić information content (AvgIpc) is 3.26. The fraction of sp³-hybridized carbons (Fsp3) is 0.105. The first kappa shape index (κ1) is 15.1. The minimum atomic E-state index is -0.0228. The lowest BCUT2D eigenvalue weighted by atomic mass is 10.0. The topological polar surface area (TPSA) is 57.8 Å². The van der Waals surface area contributed by atoms with Crippen LogP contribution in [-0.2, 0) is 13.2 Å². The van der Waals surface area contributed by atoms with Crippen molar-refractivity contribution < 1.29 is 10.2 Å². The lowest BCUT2D eigenvalue weighted by Gasteiger charge is -2.04. The molecule has 4 nitrogen and oxygen atoms in total. The van der Waals surface area contributed by atoms with Gasteiger partial charge in [0.25, 0.3) is 0 Å². The van der Waals surface area contributed by atoms with E-state index in [1.165, 1.54) is 11.3 Å². The Bertz CT molecular complexity index is 1000. The molecule has 1 aromatic carbocycles. The van der Waals surface area contributed by atoms with Crippen LogP contribution in [0.4, 0.5) is 0 Å². The van der Waals surface area contributed by atoms with Crippen LogP contribution in [0.15, 0.2) is 60.8 Å². The molecule has 0 unspecified atom stereocenters. The summed E-state index contributed by atoms with van der Waals surface area (Å²) in [7, 11) is 0. The summed E-state index contributed by atoms with van der Waals surface area (Å²) in [6, 6.07) is 17.7. The Kier molecular flexibility index (Phi) is 3.90. The maximum absolute atomic E-state index is 9.65. The van der Waals surface area contributed by atoms with Gasteiger partial charge in [-0.2, -0.15) is 0 Å². The van der Waals surface area contributed by atoms with Crippen LogP contribution in [-0.4, -0.2) is 19.6 Å². The van der Waals surface area contributed by atoms with Crippen LogP contribution in [0.25, 0.3) is 27.5 Å². The molecule has 0 fully saturated rings. The van der Waals surface area contributed by atoms with Crippen LogP contribution in [0, 0.1) is 0 Å². The predicted molar refractivity (Wildman–Crippen MR) is 95.8 cm³/mol. The lowest BCUT2D eigenvalue weighted by Crippen LogP contribution is -1.89. The number of rotatable bonds is 4. The summed E-state index contributed by atoms with van der Waals surface area (Å²) >= 11 is 1.54.